The highest BCUT2D eigenvalue weighted by molar-refractivity contribution is 5.15. The number of benzene rings is 1. The van der Waals surface area contributed by atoms with Gasteiger partial charge in [0.2, 0.25) is 0 Å². The molecule has 1 atom stereocenters. The van der Waals surface area contributed by atoms with Crippen molar-refractivity contribution in [2.24, 2.45) is 11.8 Å². The lowest BCUT2D eigenvalue weighted by molar-refractivity contribution is 0.413. The largest absolute Gasteiger partial charge is 0.316 e. The first kappa shape index (κ1) is 15.2. The van der Waals surface area contributed by atoms with Crippen LogP contribution in [0.2, 0.25) is 0 Å². The van der Waals surface area contributed by atoms with Gasteiger partial charge >= 0.3 is 0 Å². The van der Waals surface area contributed by atoms with E-state index < -0.39 is 0 Å². The molecule has 1 aromatic carbocycles. The second-order valence-electron chi connectivity index (χ2n) is 5.75. The summed E-state index contributed by atoms with van der Waals surface area (Å²) in [5.74, 6) is 1.53. The first-order valence-electron chi connectivity index (χ1n) is 7.47. The van der Waals surface area contributed by atoms with Crippen molar-refractivity contribution < 1.29 is 0 Å². The van der Waals surface area contributed by atoms with Crippen molar-refractivity contribution in [3.8, 4) is 0 Å². The molecule has 1 nitrogen and oxygen atoms in total. The van der Waals surface area contributed by atoms with Crippen LogP contribution in [0, 0.1) is 11.8 Å². The van der Waals surface area contributed by atoms with Crippen LogP contribution < -0.4 is 5.32 Å². The molecule has 0 aliphatic carbocycles. The van der Waals surface area contributed by atoms with E-state index in [1.807, 2.05) is 0 Å². The summed E-state index contributed by atoms with van der Waals surface area (Å²) in [5.41, 5.74) is 1.48. The van der Waals surface area contributed by atoms with Gasteiger partial charge in [0, 0.05) is 0 Å². The molecule has 0 aliphatic heterocycles. The van der Waals surface area contributed by atoms with Crippen LogP contribution in [0.4, 0.5) is 0 Å². The van der Waals surface area contributed by atoms with Crippen molar-refractivity contribution in [1.29, 1.82) is 0 Å². The van der Waals surface area contributed by atoms with E-state index in [1.165, 1.54) is 31.2 Å². The lowest BCUT2D eigenvalue weighted by atomic mass is 9.94. The number of nitrogens with one attached hydrogen (secondary N) is 1. The Labute approximate surface area is 113 Å². The minimum atomic E-state index is 0.744. The smallest absolute Gasteiger partial charge is 0.00172 e. The van der Waals surface area contributed by atoms with E-state index in [1.54, 1.807) is 0 Å². The molecule has 0 radical (unpaired) electrons. The number of unbranched alkanes of at least 4 members (excludes halogenated alkanes) is 1. The predicted octanol–water partition coefficient (Wildman–Crippen LogP) is 4.28. The van der Waals surface area contributed by atoms with Crippen molar-refractivity contribution in [2.75, 3.05) is 13.1 Å². The molecule has 0 saturated heterocycles. The van der Waals surface area contributed by atoms with Gasteiger partial charge < -0.3 is 5.32 Å². The predicted molar refractivity (Wildman–Crippen MR) is 80.9 cm³/mol. The Bertz CT molecular complexity index is 292. The monoisotopic (exact) mass is 247 g/mol. The highest BCUT2D eigenvalue weighted by atomic mass is 14.9. The van der Waals surface area contributed by atoms with Crippen molar-refractivity contribution in [3.05, 3.63) is 35.9 Å². The molecular formula is C17H29N. The Morgan fingerprint density at radius 1 is 1.06 bits per heavy atom. The molecule has 0 saturated carbocycles. The van der Waals surface area contributed by atoms with Crippen LogP contribution in [-0.2, 0) is 6.42 Å². The van der Waals surface area contributed by atoms with Gasteiger partial charge in [-0.2, -0.15) is 0 Å². The topological polar surface area (TPSA) is 12.0 Å². The molecule has 0 aliphatic rings. The van der Waals surface area contributed by atoms with E-state index in [4.69, 9.17) is 0 Å². The van der Waals surface area contributed by atoms with Gasteiger partial charge in [-0.1, -0.05) is 63.9 Å². The summed E-state index contributed by atoms with van der Waals surface area (Å²) in [4.78, 5) is 0. The number of rotatable bonds is 9. The second kappa shape index (κ2) is 9.16. The molecule has 0 spiro atoms. The molecule has 0 fully saturated rings. The van der Waals surface area contributed by atoms with Crippen LogP contribution >= 0.6 is 0 Å². The third kappa shape index (κ3) is 6.80. The molecule has 0 amide bonds. The molecule has 18 heavy (non-hydrogen) atoms. The van der Waals surface area contributed by atoms with Crippen LogP contribution in [0.5, 0.6) is 0 Å². The van der Waals surface area contributed by atoms with Gasteiger partial charge in [0.25, 0.3) is 0 Å². The second-order valence-corrected chi connectivity index (χ2v) is 5.75. The molecular weight excluding hydrogens is 218 g/mol. The van der Waals surface area contributed by atoms with Gasteiger partial charge in [-0.3, -0.25) is 0 Å². The molecule has 0 bridgehead atoms. The zero-order chi connectivity index (χ0) is 13.2. The third-order valence-corrected chi connectivity index (χ3v) is 3.32. The highest BCUT2D eigenvalue weighted by Crippen LogP contribution is 2.14. The van der Waals surface area contributed by atoms with E-state index in [0.717, 1.165) is 24.9 Å². The minimum absolute atomic E-state index is 0.744. The van der Waals surface area contributed by atoms with Crippen molar-refractivity contribution >= 4 is 0 Å². The van der Waals surface area contributed by atoms with Crippen molar-refractivity contribution in [1.82, 2.24) is 5.32 Å². The molecule has 1 unspecified atom stereocenters. The summed E-state index contributed by atoms with van der Waals surface area (Å²) in [6, 6.07) is 10.9. The molecule has 1 N–H and O–H groups in total. The van der Waals surface area contributed by atoms with Gasteiger partial charge in [0.05, 0.1) is 0 Å². The van der Waals surface area contributed by atoms with E-state index in [9.17, 15) is 0 Å². The zero-order valence-corrected chi connectivity index (χ0v) is 12.3. The Morgan fingerprint density at radius 3 is 2.39 bits per heavy atom. The quantitative estimate of drug-likeness (QED) is 0.687. The van der Waals surface area contributed by atoms with Crippen LogP contribution in [0.3, 0.4) is 0 Å². The summed E-state index contributed by atoms with van der Waals surface area (Å²) in [5, 5.41) is 3.61. The van der Waals surface area contributed by atoms with Crippen LogP contribution in [0.25, 0.3) is 0 Å². The molecule has 1 rings (SSSR count). The van der Waals surface area contributed by atoms with Gasteiger partial charge in [0.15, 0.2) is 0 Å². The maximum atomic E-state index is 3.61. The maximum Gasteiger partial charge on any atom is -0.00172 e. The summed E-state index contributed by atoms with van der Waals surface area (Å²) >= 11 is 0. The van der Waals surface area contributed by atoms with Gasteiger partial charge in [0.1, 0.15) is 0 Å². The van der Waals surface area contributed by atoms with E-state index in [-0.39, 0.29) is 0 Å². The Hall–Kier alpha value is -0.820. The minimum Gasteiger partial charge on any atom is -0.316 e. The number of hydrogen-bond acceptors (Lipinski definition) is 1. The normalized spacial score (nSPS) is 12.9. The zero-order valence-electron chi connectivity index (χ0n) is 12.3. The summed E-state index contributed by atoms with van der Waals surface area (Å²) < 4.78 is 0. The Morgan fingerprint density at radius 2 is 1.78 bits per heavy atom. The fraction of sp³-hybridized carbons (Fsp3) is 0.647. The molecule has 1 aromatic rings. The van der Waals surface area contributed by atoms with Crippen LogP contribution in [-0.4, -0.2) is 13.1 Å². The van der Waals surface area contributed by atoms with Gasteiger partial charge in [-0.25, -0.2) is 0 Å². The summed E-state index contributed by atoms with van der Waals surface area (Å²) in [7, 11) is 0. The lowest BCUT2D eigenvalue weighted by Crippen LogP contribution is -2.27. The van der Waals surface area contributed by atoms with E-state index in [2.05, 4.69) is 56.4 Å². The van der Waals surface area contributed by atoms with E-state index >= 15 is 0 Å². The van der Waals surface area contributed by atoms with Crippen LogP contribution in [0.15, 0.2) is 30.3 Å². The van der Waals surface area contributed by atoms with E-state index in [0.29, 0.717) is 0 Å². The Balaban J connectivity index is 2.39. The lowest BCUT2D eigenvalue weighted by Gasteiger charge is -2.18. The average Bonchev–Trinajstić information content (AvgIpc) is 2.36. The molecule has 0 heterocycles. The molecule has 102 valence electrons. The van der Waals surface area contributed by atoms with Gasteiger partial charge in [-0.15, -0.1) is 0 Å². The first-order chi connectivity index (χ1) is 8.72. The fourth-order valence-electron chi connectivity index (χ4n) is 2.29. The molecule has 1 heteroatoms. The standard InChI is InChI=1S/C17H29N/c1-4-5-9-17(14-18-13-15(2)3)12-16-10-7-6-8-11-16/h6-8,10-11,15,17-18H,4-5,9,12-14H2,1-3H3. The average molecular weight is 247 g/mol. The SMILES string of the molecule is CCCCC(CNCC(C)C)Cc1ccccc1. The van der Waals surface area contributed by atoms with Crippen molar-refractivity contribution in [3.63, 3.8) is 0 Å². The van der Waals surface area contributed by atoms with Crippen LogP contribution in [0.1, 0.15) is 45.6 Å². The highest BCUT2D eigenvalue weighted by Gasteiger charge is 2.09. The van der Waals surface area contributed by atoms with Gasteiger partial charge in [-0.05, 0) is 43.3 Å². The molecule has 0 aromatic heterocycles. The first-order valence-corrected chi connectivity index (χ1v) is 7.47. The summed E-state index contributed by atoms with van der Waals surface area (Å²) in [6.45, 7) is 9.11. The van der Waals surface area contributed by atoms with Crippen molar-refractivity contribution in [2.45, 2.75) is 46.5 Å². The third-order valence-electron chi connectivity index (χ3n) is 3.32. The number of hydrogen-bond donors (Lipinski definition) is 1. The maximum absolute atomic E-state index is 3.61. The fourth-order valence-corrected chi connectivity index (χ4v) is 2.29. The summed E-state index contributed by atoms with van der Waals surface area (Å²) in [6.07, 6.45) is 5.21. The Kier molecular flexibility index (Phi) is 7.75.